The highest BCUT2D eigenvalue weighted by Crippen LogP contribution is 2.26. The fourth-order valence-electron chi connectivity index (χ4n) is 3.93. The first-order chi connectivity index (χ1) is 17.6. The fourth-order valence-corrected chi connectivity index (χ4v) is 3.93. The van der Waals surface area contributed by atoms with Crippen molar-refractivity contribution in [3.05, 3.63) is 94.5 Å². The highest BCUT2D eigenvalue weighted by molar-refractivity contribution is 6.22. The highest BCUT2D eigenvalue weighted by atomic mass is 16.5. The summed E-state index contributed by atoms with van der Waals surface area (Å²) >= 11 is 0. The predicted molar refractivity (Wildman–Crippen MR) is 135 cm³/mol. The van der Waals surface area contributed by atoms with Crippen molar-refractivity contribution in [1.29, 1.82) is 0 Å². The van der Waals surface area contributed by atoms with Crippen LogP contribution in [0.4, 0.5) is 5.69 Å². The van der Waals surface area contributed by atoms with Gasteiger partial charge in [-0.25, -0.2) is 0 Å². The summed E-state index contributed by atoms with van der Waals surface area (Å²) in [7, 11) is 0. The summed E-state index contributed by atoms with van der Waals surface area (Å²) in [5.74, 6) is -1.69. The molecule has 0 unspecified atom stereocenters. The maximum atomic E-state index is 12.8. The average Bonchev–Trinajstić information content (AvgIpc) is 3.12. The van der Waals surface area contributed by atoms with E-state index in [-0.39, 0.29) is 41.3 Å². The van der Waals surface area contributed by atoms with Gasteiger partial charge in [-0.1, -0.05) is 18.2 Å². The van der Waals surface area contributed by atoms with Gasteiger partial charge in [0.15, 0.2) is 0 Å². The lowest BCUT2D eigenvalue weighted by molar-refractivity contribution is -0.131. The molecule has 3 aromatic carbocycles. The van der Waals surface area contributed by atoms with Crippen LogP contribution in [0.1, 0.15) is 67.8 Å². The highest BCUT2D eigenvalue weighted by Gasteiger charge is 2.37. The maximum absolute atomic E-state index is 12.8. The van der Waals surface area contributed by atoms with Gasteiger partial charge in [0, 0.05) is 36.3 Å². The molecule has 0 radical (unpaired) electrons. The van der Waals surface area contributed by atoms with Gasteiger partial charge in [0.2, 0.25) is 0 Å². The molecule has 37 heavy (non-hydrogen) atoms. The monoisotopic (exact) mass is 499 g/mol. The second kappa shape index (κ2) is 10.4. The summed E-state index contributed by atoms with van der Waals surface area (Å²) in [6.07, 6.45) is 0. The van der Waals surface area contributed by atoms with Crippen molar-refractivity contribution in [2.75, 3.05) is 5.32 Å². The van der Waals surface area contributed by atoms with Gasteiger partial charge >= 0.3 is 5.97 Å². The van der Waals surface area contributed by atoms with Gasteiger partial charge in [-0.05, 0) is 67.9 Å². The van der Waals surface area contributed by atoms with Crippen molar-refractivity contribution in [1.82, 2.24) is 10.2 Å². The quantitative estimate of drug-likeness (QED) is 0.290. The number of imide groups is 1. The summed E-state index contributed by atoms with van der Waals surface area (Å²) in [5.41, 5.74) is 2.46. The van der Waals surface area contributed by atoms with E-state index < -0.39 is 17.8 Å². The summed E-state index contributed by atoms with van der Waals surface area (Å²) in [5, 5.41) is 5.57. The molecule has 2 N–H and O–H groups in total. The van der Waals surface area contributed by atoms with Crippen molar-refractivity contribution in [2.45, 2.75) is 33.4 Å². The number of amides is 4. The first-order valence-corrected chi connectivity index (χ1v) is 11.6. The van der Waals surface area contributed by atoms with E-state index in [4.69, 9.17) is 4.74 Å². The Bertz CT molecular complexity index is 1410. The third kappa shape index (κ3) is 5.56. The Kier molecular flexibility index (Phi) is 7.15. The van der Waals surface area contributed by atoms with E-state index >= 15 is 0 Å². The Morgan fingerprint density at radius 3 is 2.19 bits per heavy atom. The Morgan fingerprint density at radius 2 is 1.51 bits per heavy atom. The van der Waals surface area contributed by atoms with Crippen LogP contribution >= 0.6 is 0 Å². The van der Waals surface area contributed by atoms with Gasteiger partial charge in [-0.3, -0.25) is 28.9 Å². The van der Waals surface area contributed by atoms with Crippen LogP contribution in [0, 0.1) is 0 Å². The number of anilines is 1. The third-order valence-electron chi connectivity index (χ3n) is 5.72. The molecular formula is C28H25N3O6. The smallest absolute Gasteiger partial charge is 0.308 e. The SMILES string of the molecule is CC(=O)Oc1cccc(C(=O)NCc2ccc(NC(=O)c3ccc4c(c3)C(=O)N(C(C)C)C4=O)cc2)c1. The minimum atomic E-state index is -0.470. The van der Waals surface area contributed by atoms with Crippen molar-refractivity contribution >= 4 is 35.3 Å². The number of fused-ring (bicyclic) bond motifs is 1. The van der Waals surface area contributed by atoms with E-state index in [1.807, 2.05) is 0 Å². The van der Waals surface area contributed by atoms with Crippen LogP contribution in [0.15, 0.2) is 66.7 Å². The first-order valence-electron chi connectivity index (χ1n) is 11.6. The first kappa shape index (κ1) is 25.3. The maximum Gasteiger partial charge on any atom is 0.308 e. The lowest BCUT2D eigenvalue weighted by Crippen LogP contribution is -2.35. The fraction of sp³-hybridized carbons (Fsp3) is 0.179. The minimum absolute atomic E-state index is 0.218. The molecule has 1 heterocycles. The Hall–Kier alpha value is -4.79. The normalized spacial score (nSPS) is 12.4. The molecule has 4 rings (SSSR count). The molecule has 0 spiro atoms. The molecule has 188 valence electrons. The Morgan fingerprint density at radius 1 is 0.838 bits per heavy atom. The molecule has 4 amide bonds. The second-order valence-corrected chi connectivity index (χ2v) is 8.79. The van der Waals surface area contributed by atoms with Crippen LogP contribution in [0.2, 0.25) is 0 Å². The molecule has 0 atom stereocenters. The van der Waals surface area contributed by atoms with E-state index in [0.717, 1.165) is 5.56 Å². The minimum Gasteiger partial charge on any atom is -0.427 e. The van der Waals surface area contributed by atoms with Gasteiger partial charge in [0.25, 0.3) is 23.6 Å². The molecule has 0 aliphatic carbocycles. The molecule has 0 aromatic heterocycles. The van der Waals surface area contributed by atoms with Gasteiger partial charge in [-0.15, -0.1) is 0 Å². The zero-order chi connectivity index (χ0) is 26.7. The number of carbonyl (C=O) groups is 5. The summed E-state index contributed by atoms with van der Waals surface area (Å²) in [4.78, 5) is 62.5. The summed E-state index contributed by atoms with van der Waals surface area (Å²) < 4.78 is 5.00. The van der Waals surface area contributed by atoms with Crippen molar-refractivity contribution in [3.8, 4) is 5.75 Å². The molecule has 0 bridgehead atoms. The average molecular weight is 500 g/mol. The summed E-state index contributed by atoms with van der Waals surface area (Å²) in [6, 6.07) is 17.4. The number of nitrogens with one attached hydrogen (secondary N) is 2. The molecule has 9 nitrogen and oxygen atoms in total. The van der Waals surface area contributed by atoms with Crippen LogP contribution in [0.25, 0.3) is 0 Å². The van der Waals surface area contributed by atoms with E-state index in [9.17, 15) is 24.0 Å². The Labute approximate surface area is 213 Å². The summed E-state index contributed by atoms with van der Waals surface area (Å²) in [6.45, 7) is 5.05. The number of benzene rings is 3. The number of ether oxygens (including phenoxy) is 1. The molecule has 9 heteroatoms. The number of hydrogen-bond donors (Lipinski definition) is 2. The molecular weight excluding hydrogens is 474 g/mol. The number of rotatable bonds is 7. The van der Waals surface area contributed by atoms with E-state index in [2.05, 4.69) is 10.6 Å². The van der Waals surface area contributed by atoms with Crippen molar-refractivity contribution < 1.29 is 28.7 Å². The van der Waals surface area contributed by atoms with E-state index in [1.165, 1.54) is 36.1 Å². The van der Waals surface area contributed by atoms with Crippen LogP contribution < -0.4 is 15.4 Å². The topological polar surface area (TPSA) is 122 Å². The van der Waals surface area contributed by atoms with Gasteiger partial charge in [0.1, 0.15) is 5.75 Å². The number of esters is 1. The van der Waals surface area contributed by atoms with Crippen LogP contribution in [-0.4, -0.2) is 40.5 Å². The van der Waals surface area contributed by atoms with Crippen molar-refractivity contribution in [3.63, 3.8) is 0 Å². The molecule has 0 saturated heterocycles. The van der Waals surface area contributed by atoms with Crippen LogP contribution in [0.5, 0.6) is 5.75 Å². The van der Waals surface area contributed by atoms with Gasteiger partial charge in [0.05, 0.1) is 11.1 Å². The number of nitrogens with zero attached hydrogens (tertiary/aromatic N) is 1. The molecule has 1 aliphatic heterocycles. The lowest BCUT2D eigenvalue weighted by Gasteiger charge is -2.17. The molecule has 3 aromatic rings. The van der Waals surface area contributed by atoms with Crippen LogP contribution in [0.3, 0.4) is 0 Å². The van der Waals surface area contributed by atoms with E-state index in [0.29, 0.717) is 16.8 Å². The Balaban J connectivity index is 1.36. The standard InChI is InChI=1S/C28H25N3O6/c1-16(2)31-27(35)23-12-9-20(14-24(23)28(31)36)26(34)30-21-10-7-18(8-11-21)15-29-25(33)19-5-4-6-22(13-19)37-17(3)32/h4-14,16H,15H2,1-3H3,(H,29,33)(H,30,34). The largest absolute Gasteiger partial charge is 0.427 e. The molecule has 0 saturated carbocycles. The van der Waals surface area contributed by atoms with Crippen LogP contribution in [-0.2, 0) is 11.3 Å². The van der Waals surface area contributed by atoms with E-state index in [1.54, 1.807) is 56.3 Å². The van der Waals surface area contributed by atoms with Gasteiger partial charge in [-0.2, -0.15) is 0 Å². The number of hydrogen-bond acceptors (Lipinski definition) is 6. The molecule has 1 aliphatic rings. The number of carbonyl (C=O) groups excluding carboxylic acids is 5. The third-order valence-corrected chi connectivity index (χ3v) is 5.72. The second-order valence-electron chi connectivity index (χ2n) is 8.79. The zero-order valence-corrected chi connectivity index (χ0v) is 20.5. The zero-order valence-electron chi connectivity index (χ0n) is 20.5. The predicted octanol–water partition coefficient (Wildman–Crippen LogP) is 3.80. The van der Waals surface area contributed by atoms with Crippen molar-refractivity contribution in [2.24, 2.45) is 0 Å². The lowest BCUT2D eigenvalue weighted by atomic mass is 10.1. The molecule has 0 fully saturated rings. The van der Waals surface area contributed by atoms with Gasteiger partial charge < -0.3 is 15.4 Å².